The third kappa shape index (κ3) is 3.48. The summed E-state index contributed by atoms with van der Waals surface area (Å²) in [6.45, 7) is 2.13. The maximum Gasteiger partial charge on any atom is 0.338 e. The molecule has 1 aromatic heterocycles. The van der Waals surface area contributed by atoms with Crippen molar-refractivity contribution in [3.05, 3.63) is 58.8 Å². The number of rotatable bonds is 4. The zero-order valence-corrected chi connectivity index (χ0v) is 14.0. The summed E-state index contributed by atoms with van der Waals surface area (Å²) < 4.78 is 5.97. The lowest BCUT2D eigenvalue weighted by molar-refractivity contribution is 0.0526. The van der Waals surface area contributed by atoms with Gasteiger partial charge >= 0.3 is 5.97 Å². The van der Waals surface area contributed by atoms with Gasteiger partial charge in [-0.15, -0.1) is 0 Å². The molecule has 23 heavy (non-hydrogen) atoms. The molecule has 0 amide bonds. The molecule has 0 saturated carbocycles. The molecule has 0 fully saturated rings. The minimum atomic E-state index is -0.341. The van der Waals surface area contributed by atoms with Crippen LogP contribution in [0.15, 0.2) is 53.3 Å². The third-order valence-corrected chi connectivity index (χ3v) is 3.73. The molecule has 0 unspecified atom stereocenters. The number of halogens is 1. The number of carbonyl (C=O) groups excluding carboxylic acids is 1. The first kappa shape index (κ1) is 15.4. The Balaban J connectivity index is 1.95. The van der Waals surface area contributed by atoms with E-state index in [9.17, 15) is 4.79 Å². The average Bonchev–Trinajstić information content (AvgIpc) is 2.56. The van der Waals surface area contributed by atoms with Crippen molar-refractivity contribution >= 4 is 44.3 Å². The molecule has 5 nitrogen and oxygen atoms in total. The number of nitrogens with one attached hydrogen (secondary N) is 1. The highest BCUT2D eigenvalue weighted by atomic mass is 79.9. The molecule has 0 saturated heterocycles. The topological polar surface area (TPSA) is 64.1 Å². The predicted octanol–water partition coefficient (Wildman–Crippen LogP) is 4.31. The number of ether oxygens (including phenoxy) is 1. The molecule has 0 bridgehead atoms. The molecule has 3 aromatic rings. The fourth-order valence-electron chi connectivity index (χ4n) is 2.20. The summed E-state index contributed by atoms with van der Waals surface area (Å²) in [7, 11) is 0. The fourth-order valence-corrected chi connectivity index (χ4v) is 2.56. The van der Waals surface area contributed by atoms with E-state index >= 15 is 0 Å². The highest BCUT2D eigenvalue weighted by Crippen LogP contribution is 2.26. The second-order valence-corrected chi connectivity index (χ2v) is 5.73. The minimum absolute atomic E-state index is 0.341. The Kier molecular flexibility index (Phi) is 4.52. The first-order valence-electron chi connectivity index (χ1n) is 7.12. The first-order valence-corrected chi connectivity index (χ1v) is 7.91. The van der Waals surface area contributed by atoms with E-state index in [2.05, 4.69) is 31.2 Å². The normalized spacial score (nSPS) is 10.5. The summed E-state index contributed by atoms with van der Waals surface area (Å²) in [5.74, 6) is 0.337. The minimum Gasteiger partial charge on any atom is -0.462 e. The third-order valence-electron chi connectivity index (χ3n) is 3.23. The molecule has 3 rings (SSSR count). The number of carbonyl (C=O) groups is 1. The monoisotopic (exact) mass is 371 g/mol. The smallest absolute Gasteiger partial charge is 0.338 e. The average molecular weight is 372 g/mol. The molecular weight excluding hydrogens is 358 g/mol. The number of hydrogen-bond donors (Lipinski definition) is 1. The van der Waals surface area contributed by atoms with Crippen LogP contribution in [-0.4, -0.2) is 22.5 Å². The fraction of sp³-hybridized carbons (Fsp3) is 0.118. The van der Waals surface area contributed by atoms with Crippen molar-refractivity contribution in [1.29, 1.82) is 0 Å². The van der Waals surface area contributed by atoms with Crippen molar-refractivity contribution < 1.29 is 9.53 Å². The maximum atomic E-state index is 11.8. The zero-order chi connectivity index (χ0) is 16.2. The Morgan fingerprint density at radius 1 is 1.22 bits per heavy atom. The van der Waals surface area contributed by atoms with Gasteiger partial charge in [-0.3, -0.25) is 0 Å². The Morgan fingerprint density at radius 3 is 2.91 bits per heavy atom. The van der Waals surface area contributed by atoms with Gasteiger partial charge in [0.15, 0.2) is 0 Å². The number of anilines is 2. The molecule has 0 atom stereocenters. The van der Waals surface area contributed by atoms with Gasteiger partial charge in [0, 0.05) is 15.5 Å². The number of aromatic nitrogens is 2. The molecule has 0 aliphatic heterocycles. The second kappa shape index (κ2) is 6.75. The van der Waals surface area contributed by atoms with Gasteiger partial charge in [-0.05, 0) is 43.3 Å². The Bertz CT molecular complexity index is 867. The largest absolute Gasteiger partial charge is 0.462 e. The summed E-state index contributed by atoms with van der Waals surface area (Å²) in [4.78, 5) is 20.4. The Hall–Kier alpha value is -2.47. The van der Waals surface area contributed by atoms with Gasteiger partial charge in [-0.1, -0.05) is 22.0 Å². The zero-order valence-electron chi connectivity index (χ0n) is 12.4. The van der Waals surface area contributed by atoms with Gasteiger partial charge in [0.25, 0.3) is 0 Å². The van der Waals surface area contributed by atoms with Crippen LogP contribution in [0.5, 0.6) is 0 Å². The predicted molar refractivity (Wildman–Crippen MR) is 92.9 cm³/mol. The number of fused-ring (bicyclic) bond motifs is 1. The number of benzene rings is 2. The molecule has 0 aliphatic rings. The molecule has 116 valence electrons. The quantitative estimate of drug-likeness (QED) is 0.692. The van der Waals surface area contributed by atoms with Crippen LogP contribution in [0.25, 0.3) is 10.9 Å². The van der Waals surface area contributed by atoms with Gasteiger partial charge in [0.2, 0.25) is 0 Å². The summed E-state index contributed by atoms with van der Waals surface area (Å²) in [6.07, 6.45) is 1.51. The highest BCUT2D eigenvalue weighted by Gasteiger charge is 2.09. The molecule has 6 heteroatoms. The first-order chi connectivity index (χ1) is 11.2. The summed E-state index contributed by atoms with van der Waals surface area (Å²) in [6, 6.07) is 12.9. The van der Waals surface area contributed by atoms with Crippen LogP contribution in [0, 0.1) is 0 Å². The molecular formula is C17H14BrN3O2. The van der Waals surface area contributed by atoms with E-state index in [1.807, 2.05) is 24.3 Å². The van der Waals surface area contributed by atoms with Gasteiger partial charge in [-0.25, -0.2) is 14.8 Å². The molecule has 1 heterocycles. The van der Waals surface area contributed by atoms with Crippen LogP contribution >= 0.6 is 15.9 Å². The summed E-state index contributed by atoms with van der Waals surface area (Å²) >= 11 is 3.46. The number of esters is 1. The van der Waals surface area contributed by atoms with Crippen LogP contribution in [0.1, 0.15) is 17.3 Å². The van der Waals surface area contributed by atoms with Gasteiger partial charge < -0.3 is 10.1 Å². The maximum absolute atomic E-state index is 11.8. The lowest BCUT2D eigenvalue weighted by Crippen LogP contribution is -2.05. The second-order valence-electron chi connectivity index (χ2n) is 4.81. The molecule has 2 aromatic carbocycles. The van der Waals surface area contributed by atoms with Gasteiger partial charge in [-0.2, -0.15) is 0 Å². The van der Waals surface area contributed by atoms with Crippen molar-refractivity contribution in [1.82, 2.24) is 9.97 Å². The lowest BCUT2D eigenvalue weighted by Gasteiger charge is -2.10. The van der Waals surface area contributed by atoms with Crippen molar-refractivity contribution in [2.24, 2.45) is 0 Å². The van der Waals surface area contributed by atoms with Crippen LogP contribution in [0.4, 0.5) is 11.5 Å². The standard InChI is InChI=1S/C17H14BrN3O2/c1-2-23-17(22)11-4-3-5-13(8-11)21-16-14-9-12(18)6-7-15(14)19-10-20-16/h3-10H,2H2,1H3,(H,19,20,21). The summed E-state index contributed by atoms with van der Waals surface area (Å²) in [5.41, 5.74) is 2.10. The van der Waals surface area contributed by atoms with Gasteiger partial charge in [0.05, 0.1) is 17.7 Å². The van der Waals surface area contributed by atoms with E-state index in [4.69, 9.17) is 4.74 Å². The van der Waals surface area contributed by atoms with E-state index in [0.717, 1.165) is 21.1 Å². The van der Waals surface area contributed by atoms with Crippen molar-refractivity contribution in [2.45, 2.75) is 6.92 Å². The molecule has 0 aliphatic carbocycles. The van der Waals surface area contributed by atoms with E-state index in [-0.39, 0.29) is 5.97 Å². The Labute approximate surface area is 141 Å². The van der Waals surface area contributed by atoms with Gasteiger partial charge in [0.1, 0.15) is 12.1 Å². The van der Waals surface area contributed by atoms with Crippen molar-refractivity contribution in [3.63, 3.8) is 0 Å². The van der Waals surface area contributed by atoms with Crippen molar-refractivity contribution in [2.75, 3.05) is 11.9 Å². The molecule has 1 N–H and O–H groups in total. The van der Waals surface area contributed by atoms with Crippen molar-refractivity contribution in [3.8, 4) is 0 Å². The van der Waals surface area contributed by atoms with E-state index < -0.39 is 0 Å². The lowest BCUT2D eigenvalue weighted by atomic mass is 10.2. The van der Waals surface area contributed by atoms with Crippen LogP contribution < -0.4 is 5.32 Å². The van der Waals surface area contributed by atoms with E-state index in [0.29, 0.717) is 18.0 Å². The SMILES string of the molecule is CCOC(=O)c1cccc(Nc2ncnc3ccc(Br)cc23)c1. The Morgan fingerprint density at radius 2 is 2.09 bits per heavy atom. The number of nitrogens with zero attached hydrogens (tertiary/aromatic N) is 2. The van der Waals surface area contributed by atoms with Crippen LogP contribution in [-0.2, 0) is 4.74 Å². The number of hydrogen-bond acceptors (Lipinski definition) is 5. The molecule has 0 spiro atoms. The summed E-state index contributed by atoms with van der Waals surface area (Å²) in [5, 5.41) is 4.12. The van der Waals surface area contributed by atoms with Crippen LogP contribution in [0.3, 0.4) is 0 Å². The van der Waals surface area contributed by atoms with E-state index in [1.54, 1.807) is 25.1 Å². The van der Waals surface area contributed by atoms with E-state index in [1.165, 1.54) is 6.33 Å². The highest BCUT2D eigenvalue weighted by molar-refractivity contribution is 9.10. The van der Waals surface area contributed by atoms with Crippen LogP contribution in [0.2, 0.25) is 0 Å². The molecule has 0 radical (unpaired) electrons.